The summed E-state index contributed by atoms with van der Waals surface area (Å²) in [4.78, 5) is 0. The fourth-order valence-electron chi connectivity index (χ4n) is 1.72. The zero-order valence-electron chi connectivity index (χ0n) is 9.72. The van der Waals surface area contributed by atoms with Gasteiger partial charge in [-0.25, -0.2) is 0 Å². The van der Waals surface area contributed by atoms with Gasteiger partial charge in [0.15, 0.2) is 0 Å². The molecule has 0 saturated carbocycles. The third kappa shape index (κ3) is 2.50. The number of aryl methyl sites for hydroxylation is 2. The molecule has 0 saturated heterocycles. The Bertz CT molecular complexity index is 267. The molecule has 0 unspecified atom stereocenters. The fourth-order valence-corrected chi connectivity index (χ4v) is 1.72. The molecule has 0 fully saturated rings. The summed E-state index contributed by atoms with van der Waals surface area (Å²) in [7, 11) is 0. The quantitative estimate of drug-likeness (QED) is 0.766. The van der Waals surface area contributed by atoms with Crippen molar-refractivity contribution in [2.75, 3.05) is 5.32 Å². The summed E-state index contributed by atoms with van der Waals surface area (Å²) in [6, 6.07) is 7.09. The van der Waals surface area contributed by atoms with Gasteiger partial charge < -0.3 is 5.32 Å². The van der Waals surface area contributed by atoms with Crippen molar-refractivity contribution in [2.45, 2.75) is 46.6 Å². The minimum Gasteiger partial charge on any atom is -0.382 e. The van der Waals surface area contributed by atoms with E-state index in [0.717, 1.165) is 12.8 Å². The molecule has 0 amide bonds. The molecule has 14 heavy (non-hydrogen) atoms. The van der Waals surface area contributed by atoms with Crippen LogP contribution >= 0.6 is 0 Å². The van der Waals surface area contributed by atoms with Crippen LogP contribution in [0.1, 0.15) is 38.8 Å². The van der Waals surface area contributed by atoms with Crippen LogP contribution in [-0.2, 0) is 12.8 Å². The molecule has 0 spiro atoms. The lowest BCUT2D eigenvalue weighted by Crippen LogP contribution is -2.13. The van der Waals surface area contributed by atoms with Crippen LogP contribution in [0.25, 0.3) is 0 Å². The molecule has 0 aliphatic carbocycles. The molecule has 0 aliphatic rings. The highest BCUT2D eigenvalue weighted by molar-refractivity contribution is 5.58. The van der Waals surface area contributed by atoms with E-state index in [4.69, 9.17) is 0 Å². The maximum absolute atomic E-state index is 3.54. The summed E-state index contributed by atoms with van der Waals surface area (Å²) in [5.41, 5.74) is 4.21. The van der Waals surface area contributed by atoms with E-state index in [1.54, 1.807) is 0 Å². The lowest BCUT2D eigenvalue weighted by Gasteiger charge is -2.17. The standard InChI is InChI=1S/C13H21N/c1-5-11-8-7-9-12(6-2)13(11)14-10(3)4/h7-10,14H,5-6H2,1-4H3. The molecule has 0 atom stereocenters. The van der Waals surface area contributed by atoms with Crippen LogP contribution < -0.4 is 5.32 Å². The van der Waals surface area contributed by atoms with Crippen LogP contribution in [0.2, 0.25) is 0 Å². The van der Waals surface area contributed by atoms with Gasteiger partial charge in [-0.1, -0.05) is 32.0 Å². The van der Waals surface area contributed by atoms with E-state index >= 15 is 0 Å². The zero-order valence-corrected chi connectivity index (χ0v) is 9.72. The number of anilines is 1. The Labute approximate surface area is 87.5 Å². The largest absolute Gasteiger partial charge is 0.382 e. The smallest absolute Gasteiger partial charge is 0.0407 e. The van der Waals surface area contributed by atoms with Crippen molar-refractivity contribution in [3.05, 3.63) is 29.3 Å². The van der Waals surface area contributed by atoms with Crippen molar-refractivity contribution in [1.29, 1.82) is 0 Å². The van der Waals surface area contributed by atoms with Crippen LogP contribution in [-0.4, -0.2) is 6.04 Å². The van der Waals surface area contributed by atoms with Crippen molar-refractivity contribution in [3.63, 3.8) is 0 Å². The van der Waals surface area contributed by atoms with Crippen molar-refractivity contribution in [2.24, 2.45) is 0 Å². The Kier molecular flexibility index (Phi) is 3.99. The van der Waals surface area contributed by atoms with Crippen LogP contribution in [0.4, 0.5) is 5.69 Å². The summed E-state index contributed by atoms with van der Waals surface area (Å²) in [6.45, 7) is 8.79. The van der Waals surface area contributed by atoms with Gasteiger partial charge in [0.1, 0.15) is 0 Å². The highest BCUT2D eigenvalue weighted by Crippen LogP contribution is 2.23. The molecule has 1 nitrogen and oxygen atoms in total. The Morgan fingerprint density at radius 1 is 1.07 bits per heavy atom. The van der Waals surface area contributed by atoms with E-state index < -0.39 is 0 Å². The van der Waals surface area contributed by atoms with E-state index in [1.807, 2.05) is 0 Å². The van der Waals surface area contributed by atoms with E-state index in [1.165, 1.54) is 16.8 Å². The molecule has 1 aromatic rings. The van der Waals surface area contributed by atoms with Crippen molar-refractivity contribution in [3.8, 4) is 0 Å². The first-order chi connectivity index (χ1) is 6.69. The summed E-state index contributed by atoms with van der Waals surface area (Å²) in [5, 5.41) is 3.54. The summed E-state index contributed by atoms with van der Waals surface area (Å²) >= 11 is 0. The van der Waals surface area contributed by atoms with E-state index in [0.29, 0.717) is 6.04 Å². The number of nitrogens with one attached hydrogen (secondary N) is 1. The summed E-state index contributed by atoms with van der Waals surface area (Å²) < 4.78 is 0. The van der Waals surface area contributed by atoms with Crippen LogP contribution in [0.15, 0.2) is 18.2 Å². The van der Waals surface area contributed by atoms with Gasteiger partial charge in [-0.05, 0) is 37.8 Å². The number of hydrogen-bond donors (Lipinski definition) is 1. The first kappa shape index (κ1) is 11.1. The van der Waals surface area contributed by atoms with E-state index in [-0.39, 0.29) is 0 Å². The molecule has 1 heteroatoms. The number of para-hydroxylation sites is 1. The molecular formula is C13H21N. The Morgan fingerprint density at radius 2 is 1.57 bits per heavy atom. The molecule has 78 valence electrons. The Morgan fingerprint density at radius 3 is 1.93 bits per heavy atom. The second-order valence-electron chi connectivity index (χ2n) is 3.96. The number of hydrogen-bond acceptors (Lipinski definition) is 1. The molecule has 0 aliphatic heterocycles. The lowest BCUT2D eigenvalue weighted by atomic mass is 10.0. The highest BCUT2D eigenvalue weighted by Gasteiger charge is 2.06. The third-order valence-corrected chi connectivity index (χ3v) is 2.43. The van der Waals surface area contributed by atoms with Gasteiger partial charge in [0.2, 0.25) is 0 Å². The maximum atomic E-state index is 3.54. The highest BCUT2D eigenvalue weighted by atomic mass is 14.9. The van der Waals surface area contributed by atoms with Crippen molar-refractivity contribution < 1.29 is 0 Å². The molecule has 0 bridgehead atoms. The number of rotatable bonds is 4. The molecule has 0 aromatic heterocycles. The van der Waals surface area contributed by atoms with Gasteiger partial charge in [-0.3, -0.25) is 0 Å². The predicted octanol–water partition coefficient (Wildman–Crippen LogP) is 3.63. The minimum absolute atomic E-state index is 0.507. The third-order valence-electron chi connectivity index (χ3n) is 2.43. The van der Waals surface area contributed by atoms with Gasteiger partial charge in [0.25, 0.3) is 0 Å². The van der Waals surface area contributed by atoms with Gasteiger partial charge in [-0.15, -0.1) is 0 Å². The zero-order chi connectivity index (χ0) is 10.6. The molecule has 1 aromatic carbocycles. The van der Waals surface area contributed by atoms with Crippen molar-refractivity contribution >= 4 is 5.69 Å². The number of benzene rings is 1. The predicted molar refractivity (Wildman–Crippen MR) is 64.0 cm³/mol. The van der Waals surface area contributed by atoms with Crippen molar-refractivity contribution in [1.82, 2.24) is 0 Å². The van der Waals surface area contributed by atoms with E-state index in [9.17, 15) is 0 Å². The van der Waals surface area contributed by atoms with Gasteiger partial charge in [-0.2, -0.15) is 0 Å². The Balaban J connectivity index is 3.05. The van der Waals surface area contributed by atoms with E-state index in [2.05, 4.69) is 51.2 Å². The topological polar surface area (TPSA) is 12.0 Å². The Hall–Kier alpha value is -0.980. The van der Waals surface area contributed by atoms with Crippen LogP contribution in [0.5, 0.6) is 0 Å². The molecule has 0 heterocycles. The van der Waals surface area contributed by atoms with Gasteiger partial charge >= 0.3 is 0 Å². The summed E-state index contributed by atoms with van der Waals surface area (Å²) in [5.74, 6) is 0. The maximum Gasteiger partial charge on any atom is 0.0407 e. The van der Waals surface area contributed by atoms with Crippen LogP contribution in [0.3, 0.4) is 0 Å². The fraction of sp³-hybridized carbons (Fsp3) is 0.538. The summed E-state index contributed by atoms with van der Waals surface area (Å²) in [6.07, 6.45) is 2.20. The molecular weight excluding hydrogens is 170 g/mol. The van der Waals surface area contributed by atoms with Crippen LogP contribution in [0, 0.1) is 0 Å². The van der Waals surface area contributed by atoms with Gasteiger partial charge in [0.05, 0.1) is 0 Å². The SMILES string of the molecule is CCc1cccc(CC)c1NC(C)C. The lowest BCUT2D eigenvalue weighted by molar-refractivity contribution is 0.887. The average Bonchev–Trinajstić information content (AvgIpc) is 2.17. The molecule has 0 radical (unpaired) electrons. The first-order valence-electron chi connectivity index (χ1n) is 5.56. The average molecular weight is 191 g/mol. The normalized spacial score (nSPS) is 10.6. The first-order valence-corrected chi connectivity index (χ1v) is 5.56. The second-order valence-corrected chi connectivity index (χ2v) is 3.96. The minimum atomic E-state index is 0.507. The molecule has 1 N–H and O–H groups in total. The van der Waals surface area contributed by atoms with Gasteiger partial charge in [0, 0.05) is 11.7 Å². The monoisotopic (exact) mass is 191 g/mol. The molecule has 1 rings (SSSR count). The second kappa shape index (κ2) is 5.04.